The summed E-state index contributed by atoms with van der Waals surface area (Å²) < 4.78 is 16.3. The lowest BCUT2D eigenvalue weighted by Crippen LogP contribution is -2.55. The fourth-order valence-corrected chi connectivity index (χ4v) is 3.65. The lowest BCUT2D eigenvalue weighted by atomic mass is 9.97. The van der Waals surface area contributed by atoms with Gasteiger partial charge in [-0.1, -0.05) is 6.07 Å². The van der Waals surface area contributed by atoms with Crippen LogP contribution >= 0.6 is 0 Å². The molecule has 2 amide bonds. The van der Waals surface area contributed by atoms with Crippen molar-refractivity contribution < 1.29 is 23.8 Å². The van der Waals surface area contributed by atoms with Gasteiger partial charge < -0.3 is 29.7 Å². The molecule has 2 N–H and O–H groups in total. The van der Waals surface area contributed by atoms with Gasteiger partial charge in [0.05, 0.1) is 20.3 Å². The first-order valence-corrected chi connectivity index (χ1v) is 9.15. The highest BCUT2D eigenvalue weighted by Crippen LogP contribution is 2.33. The number of morpholine rings is 1. The molecule has 2 heterocycles. The van der Waals surface area contributed by atoms with Gasteiger partial charge in [-0.15, -0.1) is 0 Å². The molecule has 2 atom stereocenters. The van der Waals surface area contributed by atoms with Crippen molar-refractivity contribution in [2.45, 2.75) is 31.0 Å². The molecule has 0 radical (unpaired) electrons. The van der Waals surface area contributed by atoms with Crippen LogP contribution in [-0.2, 0) is 14.3 Å². The highest BCUT2D eigenvalue weighted by atomic mass is 16.5. The zero-order valence-corrected chi connectivity index (χ0v) is 16.0. The molecule has 3 rings (SSSR count). The Balaban J connectivity index is 1.84. The molecule has 0 aromatic heterocycles. The summed E-state index contributed by atoms with van der Waals surface area (Å²) >= 11 is 0. The number of piperidine rings is 1. The van der Waals surface area contributed by atoms with E-state index in [1.54, 1.807) is 31.3 Å². The number of benzene rings is 1. The van der Waals surface area contributed by atoms with Crippen molar-refractivity contribution >= 4 is 11.8 Å². The van der Waals surface area contributed by atoms with Gasteiger partial charge in [-0.25, -0.2) is 0 Å². The second-order valence-corrected chi connectivity index (χ2v) is 6.82. The van der Waals surface area contributed by atoms with Gasteiger partial charge in [-0.05, 0) is 43.6 Å². The van der Waals surface area contributed by atoms with E-state index < -0.39 is 12.1 Å². The van der Waals surface area contributed by atoms with E-state index in [1.807, 2.05) is 13.1 Å². The van der Waals surface area contributed by atoms with E-state index in [-0.39, 0.29) is 24.5 Å². The molecule has 8 nitrogen and oxygen atoms in total. The highest BCUT2D eigenvalue weighted by Gasteiger charge is 2.39. The molecule has 27 heavy (non-hydrogen) atoms. The second-order valence-electron chi connectivity index (χ2n) is 6.82. The fraction of sp³-hybridized carbons (Fsp3) is 0.579. The predicted octanol–water partition coefficient (Wildman–Crippen LogP) is 0.470. The number of nitrogens with zero attached hydrogens (tertiary/aromatic N) is 1. The second kappa shape index (κ2) is 8.58. The maximum Gasteiger partial charge on any atom is 0.254 e. The molecule has 1 aromatic carbocycles. The molecule has 2 aliphatic rings. The normalized spacial score (nSPS) is 23.4. The molecule has 148 valence electrons. The van der Waals surface area contributed by atoms with Crippen LogP contribution in [0.5, 0.6) is 11.5 Å². The minimum atomic E-state index is -0.777. The third kappa shape index (κ3) is 4.17. The molecule has 2 aliphatic heterocycles. The van der Waals surface area contributed by atoms with Gasteiger partial charge in [0.2, 0.25) is 5.91 Å². The molecule has 0 bridgehead atoms. The zero-order valence-electron chi connectivity index (χ0n) is 16.0. The van der Waals surface area contributed by atoms with Gasteiger partial charge >= 0.3 is 0 Å². The molecule has 2 saturated heterocycles. The van der Waals surface area contributed by atoms with E-state index >= 15 is 0 Å². The van der Waals surface area contributed by atoms with Crippen LogP contribution in [0.1, 0.15) is 24.4 Å². The van der Waals surface area contributed by atoms with E-state index in [1.165, 1.54) is 0 Å². The summed E-state index contributed by atoms with van der Waals surface area (Å²) in [4.78, 5) is 26.8. The van der Waals surface area contributed by atoms with Crippen LogP contribution in [0.4, 0.5) is 0 Å². The quantitative estimate of drug-likeness (QED) is 0.776. The molecule has 2 fully saturated rings. The van der Waals surface area contributed by atoms with E-state index in [4.69, 9.17) is 14.2 Å². The van der Waals surface area contributed by atoms with Gasteiger partial charge in [-0.2, -0.15) is 0 Å². The van der Waals surface area contributed by atoms with Crippen molar-refractivity contribution in [3.05, 3.63) is 23.8 Å². The first kappa shape index (κ1) is 19.4. The number of carbonyl (C=O) groups is 2. The average Bonchev–Trinajstić information content (AvgIpc) is 2.72. The fourth-order valence-electron chi connectivity index (χ4n) is 3.65. The molecule has 0 aliphatic carbocycles. The Morgan fingerprint density at radius 1 is 1.19 bits per heavy atom. The summed E-state index contributed by atoms with van der Waals surface area (Å²) in [6.45, 7) is 1.66. The van der Waals surface area contributed by atoms with Crippen LogP contribution < -0.4 is 20.1 Å². The number of hydrogen-bond acceptors (Lipinski definition) is 6. The lowest BCUT2D eigenvalue weighted by Gasteiger charge is -2.38. The van der Waals surface area contributed by atoms with Crippen molar-refractivity contribution in [1.29, 1.82) is 0 Å². The van der Waals surface area contributed by atoms with Gasteiger partial charge in [0, 0.05) is 13.1 Å². The Bertz CT molecular complexity index is 690. The van der Waals surface area contributed by atoms with Crippen molar-refractivity contribution in [2.24, 2.45) is 0 Å². The summed E-state index contributed by atoms with van der Waals surface area (Å²) in [5.74, 6) is 0.747. The average molecular weight is 377 g/mol. The maximum atomic E-state index is 13.1. The molecule has 0 spiro atoms. The number of likely N-dealkylation sites (N-methyl/N-ethyl adjacent to an activating group) is 1. The van der Waals surface area contributed by atoms with Crippen molar-refractivity contribution in [3.8, 4) is 11.5 Å². The minimum absolute atomic E-state index is 0.123. The first-order chi connectivity index (χ1) is 13.0. The van der Waals surface area contributed by atoms with Gasteiger partial charge in [-0.3, -0.25) is 9.59 Å². The van der Waals surface area contributed by atoms with E-state index in [0.717, 1.165) is 31.5 Å². The Hall–Kier alpha value is -2.32. The van der Waals surface area contributed by atoms with Crippen LogP contribution in [-0.4, -0.2) is 69.8 Å². The monoisotopic (exact) mass is 377 g/mol. The molecule has 0 unspecified atom stereocenters. The van der Waals surface area contributed by atoms with Crippen LogP contribution in [0.2, 0.25) is 0 Å². The largest absolute Gasteiger partial charge is 0.493 e. The standard InChI is InChI=1S/C19H27N3O5/c1-22(13-6-8-20-9-7-13)19(24)18-17(21-16(23)11-27-18)12-4-5-14(25-2)15(10-12)26-3/h4-5,10,13,17-18,20H,6-9,11H2,1-3H3,(H,21,23)/t17-,18+/m1/s1. The summed E-state index contributed by atoms with van der Waals surface area (Å²) in [5, 5.41) is 6.19. The van der Waals surface area contributed by atoms with Crippen LogP contribution in [0.3, 0.4) is 0 Å². The maximum absolute atomic E-state index is 13.1. The van der Waals surface area contributed by atoms with Crippen molar-refractivity contribution in [2.75, 3.05) is 41.0 Å². The number of methoxy groups -OCH3 is 2. The lowest BCUT2D eigenvalue weighted by molar-refractivity contribution is -0.156. The Labute approximate surface area is 159 Å². The van der Waals surface area contributed by atoms with Crippen LogP contribution in [0, 0.1) is 0 Å². The molecular weight excluding hydrogens is 350 g/mol. The summed E-state index contributed by atoms with van der Waals surface area (Å²) in [5.41, 5.74) is 0.734. The number of ether oxygens (including phenoxy) is 3. The SMILES string of the molecule is COc1ccc([C@H]2NC(=O)CO[C@@H]2C(=O)N(C)C2CCNCC2)cc1OC. The summed E-state index contributed by atoms with van der Waals surface area (Å²) in [7, 11) is 4.91. The Morgan fingerprint density at radius 3 is 2.56 bits per heavy atom. The third-order valence-electron chi connectivity index (χ3n) is 5.23. The highest BCUT2D eigenvalue weighted by molar-refractivity contribution is 5.86. The van der Waals surface area contributed by atoms with Gasteiger partial charge in [0.25, 0.3) is 5.91 Å². The van der Waals surface area contributed by atoms with Crippen molar-refractivity contribution in [3.63, 3.8) is 0 Å². The van der Waals surface area contributed by atoms with Crippen LogP contribution in [0.15, 0.2) is 18.2 Å². The van der Waals surface area contributed by atoms with E-state index in [2.05, 4.69) is 10.6 Å². The number of nitrogens with one attached hydrogen (secondary N) is 2. The number of amides is 2. The summed E-state index contributed by atoms with van der Waals surface area (Å²) in [6, 6.07) is 4.93. The number of carbonyl (C=O) groups excluding carboxylic acids is 2. The minimum Gasteiger partial charge on any atom is -0.493 e. The van der Waals surface area contributed by atoms with Gasteiger partial charge in [0.15, 0.2) is 17.6 Å². The third-order valence-corrected chi connectivity index (χ3v) is 5.23. The first-order valence-electron chi connectivity index (χ1n) is 9.15. The van der Waals surface area contributed by atoms with Crippen LogP contribution in [0.25, 0.3) is 0 Å². The van der Waals surface area contributed by atoms with Gasteiger partial charge in [0.1, 0.15) is 6.61 Å². The molecule has 8 heteroatoms. The predicted molar refractivity (Wildman–Crippen MR) is 98.8 cm³/mol. The Kier molecular flexibility index (Phi) is 6.18. The van der Waals surface area contributed by atoms with E-state index in [9.17, 15) is 9.59 Å². The summed E-state index contributed by atoms with van der Waals surface area (Å²) in [6.07, 6.45) is 1.03. The topological polar surface area (TPSA) is 89.1 Å². The molecule has 0 saturated carbocycles. The van der Waals surface area contributed by atoms with E-state index in [0.29, 0.717) is 11.5 Å². The number of rotatable bonds is 5. The van der Waals surface area contributed by atoms with Crippen molar-refractivity contribution in [1.82, 2.24) is 15.5 Å². The Morgan fingerprint density at radius 2 is 1.89 bits per heavy atom. The smallest absolute Gasteiger partial charge is 0.254 e. The zero-order chi connectivity index (χ0) is 19.4. The number of hydrogen-bond donors (Lipinski definition) is 2. The molecule has 1 aromatic rings. The molecular formula is C19H27N3O5.